The number of halogens is 1. The molecule has 2 N–H and O–H groups in total. The van der Waals surface area contributed by atoms with E-state index in [1.165, 1.54) is 47.9 Å². The molecule has 156 valence electrons. The zero-order chi connectivity index (χ0) is 21.6. The van der Waals surface area contributed by atoms with E-state index in [0.717, 1.165) is 10.0 Å². The molecule has 30 heavy (non-hydrogen) atoms. The molecular formula is C20H18BrN3O4S2. The molecule has 0 aliphatic carbocycles. The number of carbonyl (C=O) groups excluding carboxylic acids is 1. The van der Waals surface area contributed by atoms with Crippen molar-refractivity contribution in [3.05, 3.63) is 70.2 Å². The van der Waals surface area contributed by atoms with E-state index in [1.807, 2.05) is 25.1 Å². The van der Waals surface area contributed by atoms with E-state index in [9.17, 15) is 13.2 Å². The number of nitrogens with zero attached hydrogens (tertiary/aromatic N) is 1. The molecule has 0 atom stereocenters. The van der Waals surface area contributed by atoms with Gasteiger partial charge in [0.05, 0.1) is 11.5 Å². The molecule has 0 unspecified atom stereocenters. The topological polar surface area (TPSA) is 97.4 Å². The van der Waals surface area contributed by atoms with Crippen LogP contribution in [0.4, 0.5) is 10.8 Å². The van der Waals surface area contributed by atoms with E-state index >= 15 is 0 Å². The van der Waals surface area contributed by atoms with Gasteiger partial charge in [-0.2, -0.15) is 0 Å². The summed E-state index contributed by atoms with van der Waals surface area (Å²) in [6.45, 7) is 2.40. The molecule has 1 aromatic heterocycles. The van der Waals surface area contributed by atoms with Crippen molar-refractivity contribution in [3.8, 4) is 5.75 Å². The van der Waals surface area contributed by atoms with Gasteiger partial charge in [-0.05, 0) is 55.5 Å². The Bertz CT molecular complexity index is 1150. The van der Waals surface area contributed by atoms with Crippen molar-refractivity contribution in [1.82, 2.24) is 4.98 Å². The first-order valence-corrected chi connectivity index (χ1v) is 12.0. The molecule has 0 saturated carbocycles. The van der Waals surface area contributed by atoms with Crippen molar-refractivity contribution in [2.75, 3.05) is 16.6 Å². The summed E-state index contributed by atoms with van der Waals surface area (Å²) in [5.74, 6) is 0.320. The summed E-state index contributed by atoms with van der Waals surface area (Å²) < 4.78 is 33.5. The molecule has 0 spiro atoms. The number of rotatable bonds is 8. The third-order valence-corrected chi connectivity index (χ3v) is 6.44. The first-order valence-electron chi connectivity index (χ1n) is 8.81. The van der Waals surface area contributed by atoms with Crippen molar-refractivity contribution in [2.45, 2.75) is 11.8 Å². The molecule has 1 heterocycles. The van der Waals surface area contributed by atoms with Crippen LogP contribution in [0.2, 0.25) is 0 Å². The first-order chi connectivity index (χ1) is 14.4. The van der Waals surface area contributed by atoms with Gasteiger partial charge in [0.25, 0.3) is 10.0 Å². The Morgan fingerprint density at radius 3 is 2.67 bits per heavy atom. The van der Waals surface area contributed by atoms with Crippen LogP contribution in [-0.4, -0.2) is 25.9 Å². The predicted octanol–water partition coefficient (Wildman–Crippen LogP) is 4.76. The molecule has 2 aromatic carbocycles. The van der Waals surface area contributed by atoms with Crippen LogP contribution in [-0.2, 0) is 14.8 Å². The van der Waals surface area contributed by atoms with Gasteiger partial charge in [-0.25, -0.2) is 13.4 Å². The van der Waals surface area contributed by atoms with Gasteiger partial charge >= 0.3 is 0 Å². The van der Waals surface area contributed by atoms with Crippen LogP contribution in [0.3, 0.4) is 0 Å². The maximum absolute atomic E-state index is 12.3. The Hall–Kier alpha value is -2.69. The van der Waals surface area contributed by atoms with E-state index in [0.29, 0.717) is 18.0 Å². The number of ether oxygens (including phenoxy) is 1. The summed E-state index contributed by atoms with van der Waals surface area (Å²) in [5, 5.41) is 4.66. The van der Waals surface area contributed by atoms with Gasteiger partial charge in [0, 0.05) is 33.4 Å². The van der Waals surface area contributed by atoms with Crippen LogP contribution in [0.1, 0.15) is 12.5 Å². The fourth-order valence-electron chi connectivity index (χ4n) is 2.45. The maximum atomic E-state index is 12.3. The van der Waals surface area contributed by atoms with Gasteiger partial charge in [0.2, 0.25) is 5.91 Å². The lowest BCUT2D eigenvalue weighted by molar-refractivity contribution is -0.111. The summed E-state index contributed by atoms with van der Waals surface area (Å²) in [4.78, 5) is 16.2. The number of hydrogen-bond donors (Lipinski definition) is 2. The van der Waals surface area contributed by atoms with E-state index in [1.54, 1.807) is 11.5 Å². The third kappa shape index (κ3) is 5.91. The molecule has 0 saturated heterocycles. The normalized spacial score (nSPS) is 11.4. The van der Waals surface area contributed by atoms with Crippen LogP contribution < -0.4 is 14.8 Å². The number of sulfonamides is 1. The lowest BCUT2D eigenvalue weighted by Crippen LogP contribution is -2.13. The quantitative estimate of drug-likeness (QED) is 0.428. The molecule has 1 amide bonds. The second-order valence-electron chi connectivity index (χ2n) is 5.90. The molecule has 7 nitrogen and oxygen atoms in total. The minimum Gasteiger partial charge on any atom is -0.493 e. The molecular weight excluding hydrogens is 490 g/mol. The lowest BCUT2D eigenvalue weighted by Gasteiger charge is -2.08. The summed E-state index contributed by atoms with van der Waals surface area (Å²) in [6, 6.07) is 11.4. The van der Waals surface area contributed by atoms with Crippen LogP contribution in [0.15, 0.2) is 69.5 Å². The van der Waals surface area contributed by atoms with Gasteiger partial charge < -0.3 is 10.1 Å². The minimum atomic E-state index is -3.74. The maximum Gasteiger partial charge on any atom is 0.263 e. The van der Waals surface area contributed by atoms with Gasteiger partial charge in [0.1, 0.15) is 5.75 Å². The fourth-order valence-corrected chi connectivity index (χ4v) is 4.62. The van der Waals surface area contributed by atoms with Crippen LogP contribution >= 0.6 is 27.3 Å². The van der Waals surface area contributed by atoms with Gasteiger partial charge in [0.15, 0.2) is 5.13 Å². The summed E-state index contributed by atoms with van der Waals surface area (Å²) >= 11 is 4.59. The van der Waals surface area contributed by atoms with Crippen molar-refractivity contribution >= 4 is 60.1 Å². The Kier molecular flexibility index (Phi) is 7.24. The number of anilines is 2. The highest BCUT2D eigenvalue weighted by atomic mass is 79.9. The third-order valence-electron chi connectivity index (χ3n) is 3.77. The molecule has 0 radical (unpaired) electrons. The Balaban J connectivity index is 1.66. The Labute approximate surface area is 187 Å². The van der Waals surface area contributed by atoms with Gasteiger partial charge in [-0.3, -0.25) is 9.52 Å². The molecule has 0 fully saturated rings. The molecule has 0 bridgehead atoms. The largest absolute Gasteiger partial charge is 0.493 e. The lowest BCUT2D eigenvalue weighted by atomic mass is 10.2. The van der Waals surface area contributed by atoms with E-state index < -0.39 is 10.0 Å². The van der Waals surface area contributed by atoms with Crippen molar-refractivity contribution in [3.63, 3.8) is 0 Å². The molecule has 10 heteroatoms. The minimum absolute atomic E-state index is 0.0710. The second kappa shape index (κ2) is 9.88. The zero-order valence-corrected chi connectivity index (χ0v) is 19.1. The fraction of sp³-hybridized carbons (Fsp3) is 0.100. The molecule has 0 aliphatic rings. The number of benzene rings is 2. The molecule has 0 aliphatic heterocycles. The summed E-state index contributed by atoms with van der Waals surface area (Å²) in [5.41, 5.74) is 1.23. The standard InChI is InChI=1S/C20H18BrN3O4S2/c1-2-28-18-9-4-15(21)13-14(18)3-10-19(25)23-16-5-7-17(8-6-16)30(26,27)24-20-22-11-12-29-20/h3-13H,2H2,1H3,(H,22,24)(H,23,25). The molecule has 3 rings (SSSR count). The predicted molar refractivity (Wildman–Crippen MR) is 122 cm³/mol. The smallest absolute Gasteiger partial charge is 0.263 e. The van der Waals surface area contributed by atoms with Crippen molar-refractivity contribution in [2.24, 2.45) is 0 Å². The molecule has 3 aromatic rings. The van der Waals surface area contributed by atoms with Crippen molar-refractivity contribution < 1.29 is 17.9 Å². The van der Waals surface area contributed by atoms with Gasteiger partial charge in [-0.15, -0.1) is 11.3 Å². The Morgan fingerprint density at radius 2 is 2.00 bits per heavy atom. The number of aromatic nitrogens is 1. The highest BCUT2D eigenvalue weighted by Gasteiger charge is 2.15. The van der Waals surface area contributed by atoms with Crippen LogP contribution in [0.5, 0.6) is 5.75 Å². The number of nitrogens with one attached hydrogen (secondary N) is 2. The average Bonchev–Trinajstić information content (AvgIpc) is 3.21. The van der Waals surface area contributed by atoms with Gasteiger partial charge in [-0.1, -0.05) is 15.9 Å². The average molecular weight is 508 g/mol. The number of thiazole rings is 1. The number of amides is 1. The summed E-state index contributed by atoms with van der Waals surface area (Å²) in [6.07, 6.45) is 4.56. The monoisotopic (exact) mass is 507 g/mol. The van der Waals surface area contributed by atoms with E-state index in [2.05, 4.69) is 31.0 Å². The first kappa shape index (κ1) is 22.0. The second-order valence-corrected chi connectivity index (χ2v) is 9.40. The Morgan fingerprint density at radius 1 is 1.23 bits per heavy atom. The van der Waals surface area contributed by atoms with Crippen LogP contribution in [0.25, 0.3) is 6.08 Å². The number of hydrogen-bond acceptors (Lipinski definition) is 6. The number of carbonyl (C=O) groups is 1. The highest BCUT2D eigenvalue weighted by Crippen LogP contribution is 2.25. The van der Waals surface area contributed by atoms with Crippen molar-refractivity contribution in [1.29, 1.82) is 0 Å². The van der Waals surface area contributed by atoms with Crippen LogP contribution in [0, 0.1) is 0 Å². The SMILES string of the molecule is CCOc1ccc(Br)cc1C=CC(=O)Nc1ccc(S(=O)(=O)Nc2nccs2)cc1. The zero-order valence-electron chi connectivity index (χ0n) is 15.8. The van der Waals surface area contributed by atoms with E-state index in [4.69, 9.17) is 4.74 Å². The highest BCUT2D eigenvalue weighted by molar-refractivity contribution is 9.10. The van der Waals surface area contributed by atoms with E-state index in [-0.39, 0.29) is 15.9 Å². The summed E-state index contributed by atoms with van der Waals surface area (Å²) in [7, 11) is -3.74.